The standard InChI is InChI=1S/C18H30N2O6/c1-3-4-11-25-17(22)15-8-6-9-19(15)16(21)14-7-5-10-20(14)18(23)26-13-12-24-2/h14-15H,3-13H2,1-2H3. The number of nitrogens with zero attached hydrogens (tertiary/aromatic N) is 2. The molecule has 26 heavy (non-hydrogen) atoms. The van der Waals surface area contributed by atoms with Crippen molar-refractivity contribution in [3.05, 3.63) is 0 Å². The van der Waals surface area contributed by atoms with Crippen molar-refractivity contribution in [1.82, 2.24) is 9.80 Å². The molecule has 0 saturated carbocycles. The number of unbranched alkanes of at least 4 members (excludes halogenated alkanes) is 1. The second kappa shape index (κ2) is 10.4. The van der Waals surface area contributed by atoms with E-state index in [1.165, 1.54) is 12.0 Å². The maximum atomic E-state index is 13.0. The lowest BCUT2D eigenvalue weighted by Crippen LogP contribution is -2.51. The van der Waals surface area contributed by atoms with E-state index in [0.717, 1.165) is 25.7 Å². The van der Waals surface area contributed by atoms with Crippen molar-refractivity contribution in [3.8, 4) is 0 Å². The first-order chi connectivity index (χ1) is 12.6. The predicted molar refractivity (Wildman–Crippen MR) is 93.6 cm³/mol. The molecule has 148 valence electrons. The van der Waals surface area contributed by atoms with Gasteiger partial charge in [0.05, 0.1) is 13.2 Å². The summed E-state index contributed by atoms with van der Waals surface area (Å²) in [7, 11) is 1.53. The van der Waals surface area contributed by atoms with Crippen LogP contribution in [0.4, 0.5) is 4.79 Å². The van der Waals surface area contributed by atoms with Crippen LogP contribution in [0.5, 0.6) is 0 Å². The highest BCUT2D eigenvalue weighted by Gasteiger charge is 2.43. The Morgan fingerprint density at radius 3 is 2.31 bits per heavy atom. The Hall–Kier alpha value is -1.83. The van der Waals surface area contributed by atoms with Crippen LogP contribution in [0.1, 0.15) is 45.4 Å². The molecule has 0 spiro atoms. The molecule has 8 nitrogen and oxygen atoms in total. The Morgan fingerprint density at radius 2 is 1.62 bits per heavy atom. The van der Waals surface area contributed by atoms with Crippen LogP contribution in [0.2, 0.25) is 0 Å². The second-order valence-electron chi connectivity index (χ2n) is 6.67. The van der Waals surface area contributed by atoms with Gasteiger partial charge in [0.15, 0.2) is 0 Å². The van der Waals surface area contributed by atoms with Gasteiger partial charge < -0.3 is 19.1 Å². The monoisotopic (exact) mass is 370 g/mol. The lowest BCUT2D eigenvalue weighted by molar-refractivity contribution is -0.154. The van der Waals surface area contributed by atoms with E-state index in [-0.39, 0.29) is 18.5 Å². The zero-order chi connectivity index (χ0) is 18.9. The van der Waals surface area contributed by atoms with Crippen molar-refractivity contribution in [2.24, 2.45) is 0 Å². The summed E-state index contributed by atoms with van der Waals surface area (Å²) < 4.78 is 15.3. The number of esters is 1. The maximum Gasteiger partial charge on any atom is 0.410 e. The normalized spacial score (nSPS) is 22.5. The van der Waals surface area contributed by atoms with Gasteiger partial charge in [-0.3, -0.25) is 9.69 Å². The van der Waals surface area contributed by atoms with Crippen molar-refractivity contribution in [1.29, 1.82) is 0 Å². The molecular formula is C18H30N2O6. The van der Waals surface area contributed by atoms with Crippen LogP contribution >= 0.6 is 0 Å². The van der Waals surface area contributed by atoms with Crippen LogP contribution in [0.25, 0.3) is 0 Å². The van der Waals surface area contributed by atoms with Crippen molar-refractivity contribution in [2.45, 2.75) is 57.5 Å². The first-order valence-electron chi connectivity index (χ1n) is 9.49. The van der Waals surface area contributed by atoms with Gasteiger partial charge in [-0.1, -0.05) is 13.3 Å². The molecule has 0 N–H and O–H groups in total. The topological polar surface area (TPSA) is 85.4 Å². The third kappa shape index (κ3) is 5.09. The van der Waals surface area contributed by atoms with Crippen LogP contribution < -0.4 is 0 Å². The summed E-state index contributed by atoms with van der Waals surface area (Å²) in [6.07, 6.45) is 3.98. The number of likely N-dealkylation sites (tertiary alicyclic amines) is 2. The number of carbonyl (C=O) groups excluding carboxylic acids is 3. The maximum absolute atomic E-state index is 13.0. The van der Waals surface area contributed by atoms with Gasteiger partial charge >= 0.3 is 12.1 Å². The first kappa shape index (κ1) is 20.5. The zero-order valence-electron chi connectivity index (χ0n) is 15.8. The van der Waals surface area contributed by atoms with E-state index in [0.29, 0.717) is 39.1 Å². The molecule has 2 unspecified atom stereocenters. The highest BCUT2D eigenvalue weighted by Crippen LogP contribution is 2.26. The molecule has 2 amide bonds. The van der Waals surface area contributed by atoms with E-state index in [4.69, 9.17) is 14.2 Å². The quantitative estimate of drug-likeness (QED) is 0.476. The van der Waals surface area contributed by atoms with E-state index in [1.807, 2.05) is 6.92 Å². The molecule has 2 aliphatic heterocycles. The Kier molecular flexibility index (Phi) is 8.15. The summed E-state index contributed by atoms with van der Waals surface area (Å²) in [5.41, 5.74) is 0. The smallest absolute Gasteiger partial charge is 0.410 e. The van der Waals surface area contributed by atoms with Crippen LogP contribution in [-0.2, 0) is 23.8 Å². The fourth-order valence-corrected chi connectivity index (χ4v) is 3.42. The number of rotatable bonds is 8. The molecule has 2 heterocycles. The Balaban J connectivity index is 1.94. The molecule has 2 atom stereocenters. The minimum Gasteiger partial charge on any atom is -0.464 e. The molecular weight excluding hydrogens is 340 g/mol. The van der Waals surface area contributed by atoms with Gasteiger partial charge in [-0.25, -0.2) is 9.59 Å². The lowest BCUT2D eigenvalue weighted by atomic mass is 10.1. The number of hydrogen-bond donors (Lipinski definition) is 0. The van der Waals surface area contributed by atoms with Gasteiger partial charge in [0.25, 0.3) is 0 Å². The van der Waals surface area contributed by atoms with Gasteiger partial charge in [-0.15, -0.1) is 0 Å². The third-order valence-electron chi connectivity index (χ3n) is 4.84. The molecule has 8 heteroatoms. The van der Waals surface area contributed by atoms with Gasteiger partial charge in [0.2, 0.25) is 5.91 Å². The third-order valence-corrected chi connectivity index (χ3v) is 4.84. The number of carbonyl (C=O) groups is 3. The molecule has 0 aliphatic carbocycles. The molecule has 2 saturated heterocycles. The Labute approximate surface area is 154 Å². The fourth-order valence-electron chi connectivity index (χ4n) is 3.42. The summed E-state index contributed by atoms with van der Waals surface area (Å²) in [6.45, 7) is 3.89. The van der Waals surface area contributed by atoms with E-state index in [2.05, 4.69) is 0 Å². The van der Waals surface area contributed by atoms with Crippen molar-refractivity contribution < 1.29 is 28.6 Å². The van der Waals surface area contributed by atoms with Crippen molar-refractivity contribution >= 4 is 18.0 Å². The molecule has 2 aliphatic rings. The SMILES string of the molecule is CCCCOC(=O)C1CCCN1C(=O)C1CCCN1C(=O)OCCOC. The zero-order valence-corrected chi connectivity index (χ0v) is 15.8. The highest BCUT2D eigenvalue weighted by molar-refractivity contribution is 5.90. The molecule has 2 fully saturated rings. The van der Waals surface area contributed by atoms with Gasteiger partial charge in [0, 0.05) is 20.2 Å². The minimum atomic E-state index is -0.561. The molecule has 0 aromatic heterocycles. The number of ether oxygens (including phenoxy) is 3. The fraction of sp³-hybridized carbons (Fsp3) is 0.833. The highest BCUT2D eigenvalue weighted by atomic mass is 16.6. The van der Waals surface area contributed by atoms with Crippen LogP contribution in [0.3, 0.4) is 0 Å². The van der Waals surface area contributed by atoms with E-state index in [9.17, 15) is 14.4 Å². The first-order valence-corrected chi connectivity index (χ1v) is 9.49. The summed E-state index contributed by atoms with van der Waals surface area (Å²) in [5, 5.41) is 0. The van der Waals surface area contributed by atoms with Crippen molar-refractivity contribution in [2.75, 3.05) is 40.0 Å². The summed E-state index contributed by atoms with van der Waals surface area (Å²) in [6, 6.07) is -1.10. The Morgan fingerprint density at radius 1 is 0.923 bits per heavy atom. The van der Waals surface area contributed by atoms with Gasteiger partial charge in [-0.2, -0.15) is 0 Å². The van der Waals surface area contributed by atoms with Crippen LogP contribution in [0, 0.1) is 0 Å². The van der Waals surface area contributed by atoms with Gasteiger partial charge in [0.1, 0.15) is 18.7 Å². The van der Waals surface area contributed by atoms with Crippen molar-refractivity contribution in [3.63, 3.8) is 0 Å². The van der Waals surface area contributed by atoms with Crippen LogP contribution in [0.15, 0.2) is 0 Å². The summed E-state index contributed by atoms with van der Waals surface area (Å²) >= 11 is 0. The molecule has 0 aromatic carbocycles. The summed E-state index contributed by atoms with van der Waals surface area (Å²) in [5.74, 6) is -0.516. The van der Waals surface area contributed by atoms with E-state index >= 15 is 0 Å². The second-order valence-corrected chi connectivity index (χ2v) is 6.67. The number of amides is 2. The van der Waals surface area contributed by atoms with Gasteiger partial charge in [-0.05, 0) is 32.1 Å². The van der Waals surface area contributed by atoms with E-state index < -0.39 is 18.2 Å². The average Bonchev–Trinajstić information content (AvgIpc) is 3.31. The molecule has 2 rings (SSSR count). The molecule has 0 radical (unpaired) electrons. The predicted octanol–water partition coefficient (Wildman–Crippen LogP) is 1.57. The number of hydrogen-bond acceptors (Lipinski definition) is 6. The van der Waals surface area contributed by atoms with Crippen LogP contribution in [-0.4, -0.2) is 79.9 Å². The van der Waals surface area contributed by atoms with E-state index in [1.54, 1.807) is 4.90 Å². The number of methoxy groups -OCH3 is 1. The molecule has 0 bridgehead atoms. The largest absolute Gasteiger partial charge is 0.464 e. The molecule has 0 aromatic rings. The lowest BCUT2D eigenvalue weighted by Gasteiger charge is -2.30. The minimum absolute atomic E-state index is 0.156. The Bertz CT molecular complexity index is 456. The summed E-state index contributed by atoms with van der Waals surface area (Å²) in [4.78, 5) is 40.6. The average molecular weight is 370 g/mol.